The van der Waals surface area contributed by atoms with Crippen molar-refractivity contribution < 1.29 is 13.9 Å². The Morgan fingerprint density at radius 1 is 1.08 bits per heavy atom. The van der Waals surface area contributed by atoms with Crippen molar-refractivity contribution in [1.82, 2.24) is 5.32 Å². The molecule has 140 valence electrons. The highest BCUT2D eigenvalue weighted by Gasteiger charge is 2.24. The lowest BCUT2D eigenvalue weighted by Crippen LogP contribution is -2.40. The van der Waals surface area contributed by atoms with Crippen LogP contribution in [0.2, 0.25) is 0 Å². The molecule has 0 unspecified atom stereocenters. The standard InChI is InChI=1S/C20H26FN3O2/c1-20(2,15-8-6-7-9-16(15)21)13-23-19(22-3)24-14-10-11-17(25-4)18(12-14)26-5/h6-12H,13H2,1-5H3,(H2,22,23,24). The van der Waals surface area contributed by atoms with Crippen LogP contribution < -0.4 is 20.1 Å². The summed E-state index contributed by atoms with van der Waals surface area (Å²) in [5.41, 5.74) is 1.06. The number of nitrogens with zero attached hydrogens (tertiary/aromatic N) is 1. The summed E-state index contributed by atoms with van der Waals surface area (Å²) in [6.45, 7) is 4.49. The maximum atomic E-state index is 14.1. The van der Waals surface area contributed by atoms with Crippen LogP contribution in [0.1, 0.15) is 19.4 Å². The Labute approximate surface area is 154 Å². The number of nitrogens with one attached hydrogen (secondary N) is 2. The minimum absolute atomic E-state index is 0.206. The van der Waals surface area contributed by atoms with E-state index in [0.717, 1.165) is 5.69 Å². The second kappa shape index (κ2) is 8.56. The zero-order chi connectivity index (χ0) is 19.2. The van der Waals surface area contributed by atoms with Crippen molar-refractivity contribution in [2.24, 2.45) is 4.99 Å². The molecule has 0 saturated carbocycles. The molecule has 5 nitrogen and oxygen atoms in total. The van der Waals surface area contributed by atoms with E-state index in [1.807, 2.05) is 44.2 Å². The Morgan fingerprint density at radius 2 is 1.77 bits per heavy atom. The van der Waals surface area contributed by atoms with Gasteiger partial charge in [0.2, 0.25) is 0 Å². The molecular weight excluding hydrogens is 333 g/mol. The van der Waals surface area contributed by atoms with E-state index in [2.05, 4.69) is 15.6 Å². The van der Waals surface area contributed by atoms with Crippen LogP contribution in [-0.4, -0.2) is 33.8 Å². The number of halogens is 1. The molecule has 0 aliphatic heterocycles. The molecule has 2 aromatic carbocycles. The number of rotatable bonds is 6. The zero-order valence-electron chi connectivity index (χ0n) is 15.9. The molecule has 0 heterocycles. The number of methoxy groups -OCH3 is 2. The van der Waals surface area contributed by atoms with E-state index >= 15 is 0 Å². The first-order chi connectivity index (χ1) is 12.4. The lowest BCUT2D eigenvalue weighted by atomic mass is 9.84. The van der Waals surface area contributed by atoms with E-state index in [-0.39, 0.29) is 5.82 Å². The summed E-state index contributed by atoms with van der Waals surface area (Å²) in [5, 5.41) is 6.45. The van der Waals surface area contributed by atoms with E-state index in [1.165, 1.54) is 6.07 Å². The minimum atomic E-state index is -0.402. The second-order valence-corrected chi connectivity index (χ2v) is 6.48. The lowest BCUT2D eigenvalue weighted by molar-refractivity contribution is 0.355. The van der Waals surface area contributed by atoms with Gasteiger partial charge < -0.3 is 20.1 Å². The predicted molar refractivity (Wildman–Crippen MR) is 104 cm³/mol. The fourth-order valence-corrected chi connectivity index (χ4v) is 2.64. The average molecular weight is 359 g/mol. The molecule has 26 heavy (non-hydrogen) atoms. The Kier molecular flexibility index (Phi) is 6.44. The number of ether oxygens (including phenoxy) is 2. The van der Waals surface area contributed by atoms with Crippen LogP contribution in [0.4, 0.5) is 10.1 Å². The molecular formula is C20H26FN3O2. The lowest BCUT2D eigenvalue weighted by Gasteiger charge is -2.27. The molecule has 0 bridgehead atoms. The Balaban J connectivity index is 2.07. The molecule has 0 atom stereocenters. The van der Waals surface area contributed by atoms with Crippen LogP contribution in [0.25, 0.3) is 0 Å². The molecule has 0 aliphatic rings. The second-order valence-electron chi connectivity index (χ2n) is 6.48. The quantitative estimate of drug-likeness (QED) is 0.608. The molecule has 2 rings (SSSR count). The third-order valence-corrected chi connectivity index (χ3v) is 4.17. The average Bonchev–Trinajstić information content (AvgIpc) is 2.65. The summed E-state index contributed by atoms with van der Waals surface area (Å²) in [4.78, 5) is 4.23. The highest BCUT2D eigenvalue weighted by Crippen LogP contribution is 2.30. The molecule has 2 aromatic rings. The molecule has 0 radical (unpaired) electrons. The van der Waals surface area contributed by atoms with Crippen LogP contribution in [0, 0.1) is 5.82 Å². The molecule has 0 saturated heterocycles. The van der Waals surface area contributed by atoms with Crippen LogP contribution in [0.5, 0.6) is 11.5 Å². The normalized spacial score (nSPS) is 11.8. The number of aliphatic imine (C=N–C) groups is 1. The van der Waals surface area contributed by atoms with Gasteiger partial charge in [-0.15, -0.1) is 0 Å². The van der Waals surface area contributed by atoms with Gasteiger partial charge in [-0.2, -0.15) is 0 Å². The molecule has 0 aliphatic carbocycles. The first kappa shape index (κ1) is 19.6. The van der Waals surface area contributed by atoms with Crippen LogP contribution >= 0.6 is 0 Å². The molecule has 0 fully saturated rings. The summed E-state index contributed by atoms with van der Waals surface area (Å²) >= 11 is 0. The predicted octanol–water partition coefficient (Wildman–Crippen LogP) is 3.81. The van der Waals surface area contributed by atoms with Crippen molar-refractivity contribution in [3.63, 3.8) is 0 Å². The van der Waals surface area contributed by atoms with Gasteiger partial charge in [0.05, 0.1) is 14.2 Å². The SMILES string of the molecule is CN=C(NCC(C)(C)c1ccccc1F)Nc1ccc(OC)c(OC)c1. The van der Waals surface area contributed by atoms with E-state index < -0.39 is 5.41 Å². The minimum Gasteiger partial charge on any atom is -0.493 e. The molecule has 6 heteroatoms. The van der Waals surface area contributed by atoms with Crippen molar-refractivity contribution in [1.29, 1.82) is 0 Å². The summed E-state index contributed by atoms with van der Waals surface area (Å²) in [6.07, 6.45) is 0. The first-order valence-electron chi connectivity index (χ1n) is 8.36. The van der Waals surface area contributed by atoms with Gasteiger partial charge in [-0.3, -0.25) is 4.99 Å². The van der Waals surface area contributed by atoms with Crippen LogP contribution in [0.3, 0.4) is 0 Å². The summed E-state index contributed by atoms with van der Waals surface area (Å²) in [6, 6.07) is 12.3. The third kappa shape index (κ3) is 4.65. The Bertz CT molecular complexity index is 775. The van der Waals surface area contributed by atoms with E-state index in [9.17, 15) is 4.39 Å². The van der Waals surface area contributed by atoms with Gasteiger partial charge in [-0.25, -0.2) is 4.39 Å². The zero-order valence-corrected chi connectivity index (χ0v) is 15.9. The van der Waals surface area contributed by atoms with Gasteiger partial charge in [0.25, 0.3) is 0 Å². The smallest absolute Gasteiger partial charge is 0.195 e. The largest absolute Gasteiger partial charge is 0.493 e. The number of hydrogen-bond donors (Lipinski definition) is 2. The van der Waals surface area contributed by atoms with Gasteiger partial charge in [0.15, 0.2) is 17.5 Å². The maximum absolute atomic E-state index is 14.1. The van der Waals surface area contributed by atoms with Gasteiger partial charge >= 0.3 is 0 Å². The molecule has 0 aromatic heterocycles. The van der Waals surface area contributed by atoms with E-state index in [0.29, 0.717) is 29.6 Å². The Hall–Kier alpha value is -2.76. The number of benzene rings is 2. The Morgan fingerprint density at radius 3 is 2.38 bits per heavy atom. The van der Waals surface area contributed by atoms with Gasteiger partial charge in [0.1, 0.15) is 5.82 Å². The summed E-state index contributed by atoms with van der Waals surface area (Å²) in [5.74, 6) is 1.66. The molecule has 0 amide bonds. The molecule has 2 N–H and O–H groups in total. The maximum Gasteiger partial charge on any atom is 0.195 e. The van der Waals surface area contributed by atoms with Crippen LogP contribution in [0.15, 0.2) is 47.5 Å². The van der Waals surface area contributed by atoms with Crippen LogP contribution in [-0.2, 0) is 5.41 Å². The van der Waals surface area contributed by atoms with Crippen molar-refractivity contribution in [2.75, 3.05) is 33.1 Å². The fraction of sp³-hybridized carbons (Fsp3) is 0.350. The summed E-state index contributed by atoms with van der Waals surface area (Å²) < 4.78 is 24.6. The summed E-state index contributed by atoms with van der Waals surface area (Å²) in [7, 11) is 4.87. The number of anilines is 1. The van der Waals surface area contributed by atoms with E-state index in [1.54, 1.807) is 27.3 Å². The van der Waals surface area contributed by atoms with Crippen molar-refractivity contribution in [3.8, 4) is 11.5 Å². The molecule has 0 spiro atoms. The third-order valence-electron chi connectivity index (χ3n) is 4.17. The van der Waals surface area contributed by atoms with Crippen molar-refractivity contribution in [3.05, 3.63) is 53.8 Å². The number of hydrogen-bond acceptors (Lipinski definition) is 3. The topological polar surface area (TPSA) is 54.9 Å². The van der Waals surface area contributed by atoms with Gasteiger partial charge in [-0.05, 0) is 23.8 Å². The van der Waals surface area contributed by atoms with Crippen molar-refractivity contribution in [2.45, 2.75) is 19.3 Å². The highest BCUT2D eigenvalue weighted by atomic mass is 19.1. The number of guanidine groups is 1. The van der Waals surface area contributed by atoms with Gasteiger partial charge in [-0.1, -0.05) is 32.0 Å². The van der Waals surface area contributed by atoms with E-state index in [4.69, 9.17) is 9.47 Å². The van der Waals surface area contributed by atoms with Crippen molar-refractivity contribution >= 4 is 11.6 Å². The fourth-order valence-electron chi connectivity index (χ4n) is 2.64. The monoisotopic (exact) mass is 359 g/mol. The highest BCUT2D eigenvalue weighted by molar-refractivity contribution is 5.93. The first-order valence-corrected chi connectivity index (χ1v) is 8.36. The van der Waals surface area contributed by atoms with Gasteiger partial charge in [0, 0.05) is 30.8 Å².